The zero-order valence-electron chi connectivity index (χ0n) is 8.69. The Kier molecular flexibility index (Phi) is 2.73. The van der Waals surface area contributed by atoms with Crippen LogP contribution < -0.4 is 0 Å². The highest BCUT2D eigenvalue weighted by molar-refractivity contribution is 5.76. The number of aliphatic hydroxyl groups excluding tert-OH is 1. The average Bonchev–Trinajstić information content (AvgIpc) is 2.73. The first-order valence-electron chi connectivity index (χ1n) is 5.10. The topological polar surface area (TPSA) is 46.5 Å². The molecule has 80 valence electrons. The number of carbonyl (C=O) groups excluding carboxylic acids is 1. The van der Waals surface area contributed by atoms with Crippen molar-refractivity contribution in [3.63, 3.8) is 0 Å². The number of hydrogen-bond donors (Lipinski definition) is 1. The molecular weight excluding hydrogens is 192 g/mol. The van der Waals surface area contributed by atoms with E-state index in [4.69, 9.17) is 0 Å². The summed E-state index contributed by atoms with van der Waals surface area (Å²) in [5.41, 5.74) is 3.20. The minimum Gasteiger partial charge on any atom is -0.467 e. The first-order valence-corrected chi connectivity index (χ1v) is 5.10. The molecule has 0 amide bonds. The molecule has 1 unspecified atom stereocenters. The van der Waals surface area contributed by atoms with Crippen LogP contribution in [0.1, 0.15) is 29.2 Å². The van der Waals surface area contributed by atoms with Gasteiger partial charge in [0.2, 0.25) is 0 Å². The Labute approximate surface area is 88.7 Å². The number of aryl methyl sites for hydroxylation is 2. The summed E-state index contributed by atoms with van der Waals surface area (Å²) in [7, 11) is 1.28. The predicted molar refractivity (Wildman–Crippen MR) is 55.4 cm³/mol. The van der Waals surface area contributed by atoms with E-state index in [9.17, 15) is 9.90 Å². The Morgan fingerprint density at radius 1 is 1.40 bits per heavy atom. The summed E-state index contributed by atoms with van der Waals surface area (Å²) in [4.78, 5) is 11.1. The van der Waals surface area contributed by atoms with Gasteiger partial charge in [-0.2, -0.15) is 0 Å². The van der Waals surface area contributed by atoms with Gasteiger partial charge in [-0.3, -0.25) is 0 Å². The lowest BCUT2D eigenvalue weighted by Crippen LogP contribution is -2.13. The van der Waals surface area contributed by atoms with Gasteiger partial charge in [-0.05, 0) is 36.0 Å². The fraction of sp³-hybridized carbons (Fsp3) is 0.417. The van der Waals surface area contributed by atoms with E-state index < -0.39 is 12.1 Å². The number of fused-ring (bicyclic) bond motifs is 1. The first kappa shape index (κ1) is 10.2. The van der Waals surface area contributed by atoms with Gasteiger partial charge in [0, 0.05) is 0 Å². The van der Waals surface area contributed by atoms with Crippen LogP contribution in [0.15, 0.2) is 18.2 Å². The molecule has 0 heterocycles. The molecule has 2 rings (SSSR count). The molecule has 0 bridgehead atoms. The summed E-state index contributed by atoms with van der Waals surface area (Å²) < 4.78 is 4.50. The lowest BCUT2D eigenvalue weighted by molar-refractivity contribution is -0.150. The molecule has 1 aliphatic rings. The van der Waals surface area contributed by atoms with E-state index in [1.807, 2.05) is 12.1 Å². The highest BCUT2D eigenvalue weighted by atomic mass is 16.5. The van der Waals surface area contributed by atoms with Crippen LogP contribution in [0.5, 0.6) is 0 Å². The number of esters is 1. The molecule has 3 nitrogen and oxygen atoms in total. The maximum Gasteiger partial charge on any atom is 0.339 e. The zero-order valence-corrected chi connectivity index (χ0v) is 8.69. The van der Waals surface area contributed by atoms with Crippen LogP contribution in [0.4, 0.5) is 0 Å². The highest BCUT2D eigenvalue weighted by Crippen LogP contribution is 2.25. The summed E-state index contributed by atoms with van der Waals surface area (Å²) in [5, 5.41) is 9.65. The van der Waals surface area contributed by atoms with Crippen molar-refractivity contribution in [3.05, 3.63) is 34.9 Å². The van der Waals surface area contributed by atoms with Crippen molar-refractivity contribution in [3.8, 4) is 0 Å². The molecule has 3 heteroatoms. The summed E-state index contributed by atoms with van der Waals surface area (Å²) in [6.07, 6.45) is 2.15. The van der Waals surface area contributed by atoms with Gasteiger partial charge < -0.3 is 9.84 Å². The van der Waals surface area contributed by atoms with Crippen molar-refractivity contribution in [2.75, 3.05) is 7.11 Å². The molecule has 0 radical (unpaired) electrons. The van der Waals surface area contributed by atoms with Crippen molar-refractivity contribution in [1.29, 1.82) is 0 Å². The number of rotatable bonds is 2. The molecule has 15 heavy (non-hydrogen) atoms. The third-order valence-corrected chi connectivity index (χ3v) is 2.86. The fourth-order valence-corrected chi connectivity index (χ4v) is 2.01. The number of aliphatic hydroxyl groups is 1. The molecule has 1 aliphatic carbocycles. The molecule has 1 atom stereocenters. The number of methoxy groups -OCH3 is 1. The second-order valence-electron chi connectivity index (χ2n) is 3.81. The molecule has 0 aliphatic heterocycles. The lowest BCUT2D eigenvalue weighted by atomic mass is 10.0. The van der Waals surface area contributed by atoms with Gasteiger partial charge in [0.25, 0.3) is 0 Å². The summed E-state index contributed by atoms with van der Waals surface area (Å²) in [6, 6.07) is 5.69. The lowest BCUT2D eigenvalue weighted by Gasteiger charge is -2.10. The van der Waals surface area contributed by atoms with Crippen LogP contribution in [0.25, 0.3) is 0 Å². The average molecular weight is 206 g/mol. The Hall–Kier alpha value is -1.35. The van der Waals surface area contributed by atoms with E-state index in [0.29, 0.717) is 5.56 Å². The summed E-state index contributed by atoms with van der Waals surface area (Å²) in [5.74, 6) is -0.604. The molecule has 0 aromatic heterocycles. The minimum absolute atomic E-state index is 0.604. The number of ether oxygens (including phenoxy) is 1. The van der Waals surface area contributed by atoms with Gasteiger partial charge >= 0.3 is 5.97 Å². The number of carbonyl (C=O) groups is 1. The van der Waals surface area contributed by atoms with Crippen LogP contribution in [0.2, 0.25) is 0 Å². The van der Waals surface area contributed by atoms with Gasteiger partial charge in [0.15, 0.2) is 6.10 Å². The normalized spacial score (nSPS) is 15.9. The van der Waals surface area contributed by atoms with E-state index >= 15 is 0 Å². The quantitative estimate of drug-likeness (QED) is 0.744. The molecule has 1 N–H and O–H groups in total. The van der Waals surface area contributed by atoms with Crippen molar-refractivity contribution in [1.82, 2.24) is 0 Å². The predicted octanol–water partition coefficient (Wildman–Crippen LogP) is 1.38. The highest BCUT2D eigenvalue weighted by Gasteiger charge is 2.20. The molecule has 0 saturated heterocycles. The maximum atomic E-state index is 11.1. The minimum atomic E-state index is -1.15. The fourth-order valence-electron chi connectivity index (χ4n) is 2.01. The van der Waals surface area contributed by atoms with Crippen molar-refractivity contribution >= 4 is 5.97 Å². The standard InChI is InChI=1S/C12H14O3/c1-15-12(14)11(13)10-6-5-8-3-2-4-9(8)7-10/h5-7,11,13H,2-4H2,1H3. The van der Waals surface area contributed by atoms with Crippen molar-refractivity contribution in [2.24, 2.45) is 0 Å². The van der Waals surface area contributed by atoms with Crippen LogP contribution in [0.3, 0.4) is 0 Å². The molecule has 0 spiro atoms. The van der Waals surface area contributed by atoms with Crippen LogP contribution in [-0.4, -0.2) is 18.2 Å². The summed E-state index contributed by atoms with van der Waals surface area (Å²) >= 11 is 0. The Morgan fingerprint density at radius 2 is 2.13 bits per heavy atom. The van der Waals surface area contributed by atoms with E-state index in [0.717, 1.165) is 19.3 Å². The second-order valence-corrected chi connectivity index (χ2v) is 3.81. The zero-order chi connectivity index (χ0) is 10.8. The molecule has 1 aromatic rings. The molecular formula is C12H14O3. The van der Waals surface area contributed by atoms with Gasteiger partial charge in [-0.1, -0.05) is 18.2 Å². The van der Waals surface area contributed by atoms with Crippen LogP contribution in [-0.2, 0) is 22.4 Å². The summed E-state index contributed by atoms with van der Waals surface area (Å²) in [6.45, 7) is 0. The first-order chi connectivity index (χ1) is 7.22. The Bertz CT molecular complexity index is 384. The number of benzene rings is 1. The maximum absolute atomic E-state index is 11.1. The number of hydrogen-bond acceptors (Lipinski definition) is 3. The SMILES string of the molecule is COC(=O)C(O)c1ccc2c(c1)CCC2. The third-order valence-electron chi connectivity index (χ3n) is 2.86. The molecule has 0 fully saturated rings. The second kappa shape index (κ2) is 4.03. The van der Waals surface area contributed by atoms with Crippen LogP contribution in [0, 0.1) is 0 Å². The van der Waals surface area contributed by atoms with E-state index in [2.05, 4.69) is 4.74 Å². The third kappa shape index (κ3) is 1.88. The Balaban J connectivity index is 2.26. The van der Waals surface area contributed by atoms with E-state index in [-0.39, 0.29) is 0 Å². The van der Waals surface area contributed by atoms with Crippen LogP contribution >= 0.6 is 0 Å². The van der Waals surface area contributed by atoms with Gasteiger partial charge in [0.1, 0.15) is 0 Å². The Morgan fingerprint density at radius 3 is 2.87 bits per heavy atom. The molecule has 1 aromatic carbocycles. The van der Waals surface area contributed by atoms with Gasteiger partial charge in [-0.15, -0.1) is 0 Å². The molecule has 0 saturated carbocycles. The largest absolute Gasteiger partial charge is 0.467 e. The van der Waals surface area contributed by atoms with Gasteiger partial charge in [-0.25, -0.2) is 4.79 Å². The van der Waals surface area contributed by atoms with E-state index in [1.165, 1.54) is 18.2 Å². The smallest absolute Gasteiger partial charge is 0.339 e. The van der Waals surface area contributed by atoms with Crippen molar-refractivity contribution in [2.45, 2.75) is 25.4 Å². The van der Waals surface area contributed by atoms with Crippen molar-refractivity contribution < 1.29 is 14.6 Å². The van der Waals surface area contributed by atoms with E-state index in [1.54, 1.807) is 6.07 Å². The van der Waals surface area contributed by atoms with Gasteiger partial charge in [0.05, 0.1) is 7.11 Å². The monoisotopic (exact) mass is 206 g/mol.